The van der Waals surface area contributed by atoms with Crippen LogP contribution >= 0.6 is 37.2 Å². The van der Waals surface area contributed by atoms with Gasteiger partial charge in [-0.25, -0.2) is 0 Å². The minimum Gasteiger partial charge on any atom is -0.366 e. The Balaban J connectivity index is 0.000000166. The van der Waals surface area contributed by atoms with Crippen LogP contribution in [0.5, 0.6) is 0 Å². The molecule has 2 bridgehead atoms. The smallest absolute Gasteiger partial charge is 0.0923 e. The van der Waals surface area contributed by atoms with E-state index in [1.807, 2.05) is 0 Å². The molecule has 4 saturated carbocycles. The Morgan fingerprint density at radius 3 is 1.62 bits per heavy atom. The van der Waals surface area contributed by atoms with Gasteiger partial charge in [-0.3, -0.25) is 0 Å². The highest BCUT2D eigenvalue weighted by atomic mass is 128. The van der Waals surface area contributed by atoms with Crippen LogP contribution in [0.2, 0.25) is 0 Å². The van der Waals surface area contributed by atoms with Crippen molar-refractivity contribution in [2.45, 2.75) is 100 Å². The predicted molar refractivity (Wildman–Crippen MR) is 131 cm³/mol. The summed E-state index contributed by atoms with van der Waals surface area (Å²) in [4.78, 5) is 0. The lowest BCUT2D eigenvalue weighted by Gasteiger charge is -2.45. The van der Waals surface area contributed by atoms with Gasteiger partial charge < -0.3 is 4.74 Å². The molecule has 7 atom stereocenters. The van der Waals surface area contributed by atoms with Gasteiger partial charge in [0.05, 0.1) is 11.7 Å². The normalized spacial score (nSPS) is 49.2. The number of ether oxygens (including phenoxy) is 1. The SMILES string of the molecule is C.CC1(C)C2CC(C3CC32)C1(C)C.CC1CC2(C)OC2CC1(C)C.II. The quantitative estimate of drug-likeness (QED) is 0.205. The second kappa shape index (κ2) is 7.28. The Bertz CT molecular complexity index is 502. The number of epoxide rings is 1. The molecule has 3 heteroatoms. The van der Waals surface area contributed by atoms with Crippen LogP contribution in [-0.2, 0) is 4.74 Å². The average molecular weight is 588 g/mol. The molecule has 0 aromatic carbocycles. The van der Waals surface area contributed by atoms with Gasteiger partial charge in [-0.2, -0.15) is 0 Å². The summed E-state index contributed by atoms with van der Waals surface area (Å²) < 4.78 is 5.67. The molecule has 4 aliphatic carbocycles. The minimum atomic E-state index is 0. The van der Waals surface area contributed by atoms with E-state index in [1.165, 1.54) is 12.8 Å². The highest BCUT2D eigenvalue weighted by molar-refractivity contribution is 15.0. The lowest BCUT2D eigenvalue weighted by atomic mass is 9.60. The average Bonchev–Trinajstić information content (AvgIpc) is 3.35. The molecule has 0 aromatic heterocycles. The number of hydrogen-bond acceptors (Lipinski definition) is 1. The molecule has 1 nitrogen and oxygen atoms in total. The highest BCUT2D eigenvalue weighted by Crippen LogP contribution is 2.77. The topological polar surface area (TPSA) is 12.5 Å². The molecule has 5 fully saturated rings. The first-order chi connectivity index (χ1) is 11.4. The van der Waals surface area contributed by atoms with Crippen LogP contribution < -0.4 is 0 Å². The molecule has 0 aromatic rings. The van der Waals surface area contributed by atoms with Gasteiger partial charge in [-0.15, -0.1) is 0 Å². The van der Waals surface area contributed by atoms with E-state index in [2.05, 4.69) is 92.6 Å². The monoisotopic (exact) mass is 588 g/mol. The second-order valence-corrected chi connectivity index (χ2v) is 11.7. The summed E-state index contributed by atoms with van der Waals surface area (Å²) in [5.74, 6) is 5.26. The minimum absolute atomic E-state index is 0. The van der Waals surface area contributed by atoms with E-state index in [9.17, 15) is 0 Å². The lowest BCUT2D eigenvalue weighted by molar-refractivity contribution is 0.0328. The molecule has 154 valence electrons. The van der Waals surface area contributed by atoms with Gasteiger partial charge in [0.2, 0.25) is 0 Å². The fourth-order valence-corrected chi connectivity index (χ4v) is 6.69. The first-order valence-corrected chi connectivity index (χ1v) is 16.5. The fourth-order valence-electron chi connectivity index (χ4n) is 6.69. The van der Waals surface area contributed by atoms with Crippen LogP contribution in [0.3, 0.4) is 0 Å². The van der Waals surface area contributed by atoms with E-state index in [4.69, 9.17) is 4.74 Å². The summed E-state index contributed by atoms with van der Waals surface area (Å²) in [6.07, 6.45) is 6.21. The molecule has 5 rings (SSSR count). The number of hydrogen-bond donors (Lipinski definition) is 0. The molecule has 0 N–H and O–H groups in total. The standard InChI is InChI=1S/C12H20.C10H18O.CH4.I2/c1-11(2)9-6-10(12(11,3)4)8-5-7(8)9;1-7-5-10(4)8(11-10)6-9(7,2)3;;1-2/h7-10H,5-6H2,1-4H3;7-8H,5-6H2,1-4H3;1H4;. The summed E-state index contributed by atoms with van der Waals surface area (Å²) in [6, 6.07) is 0. The van der Waals surface area contributed by atoms with Gasteiger partial charge in [0, 0.05) is 37.2 Å². The number of fused-ring (bicyclic) bond motifs is 6. The van der Waals surface area contributed by atoms with Gasteiger partial charge in [0.15, 0.2) is 0 Å². The van der Waals surface area contributed by atoms with Crippen molar-refractivity contribution < 1.29 is 4.74 Å². The third kappa shape index (κ3) is 3.54. The van der Waals surface area contributed by atoms with E-state index >= 15 is 0 Å². The van der Waals surface area contributed by atoms with Crippen LogP contribution in [0, 0.1) is 45.8 Å². The number of rotatable bonds is 0. The Kier molecular flexibility index (Phi) is 6.64. The molecule has 7 unspecified atom stereocenters. The molecule has 1 saturated heterocycles. The summed E-state index contributed by atoms with van der Waals surface area (Å²) in [7, 11) is 0. The predicted octanol–water partition coefficient (Wildman–Crippen LogP) is 8.33. The molecule has 0 spiro atoms. The van der Waals surface area contributed by atoms with Crippen molar-refractivity contribution in [1.29, 1.82) is 0 Å². The van der Waals surface area contributed by atoms with Crippen LogP contribution in [-0.4, -0.2) is 11.7 Å². The maximum atomic E-state index is 5.67. The second-order valence-electron chi connectivity index (χ2n) is 11.7. The van der Waals surface area contributed by atoms with E-state index in [1.54, 1.807) is 12.8 Å². The lowest BCUT2D eigenvalue weighted by Crippen LogP contribution is -2.39. The zero-order valence-corrected chi connectivity index (χ0v) is 21.8. The largest absolute Gasteiger partial charge is 0.366 e. The summed E-state index contributed by atoms with van der Waals surface area (Å²) in [6.45, 7) is 19.3. The van der Waals surface area contributed by atoms with Crippen molar-refractivity contribution in [2.75, 3.05) is 0 Å². The Morgan fingerprint density at radius 1 is 0.769 bits per heavy atom. The molecule has 26 heavy (non-hydrogen) atoms. The van der Waals surface area contributed by atoms with E-state index in [0.717, 1.165) is 29.6 Å². The molecule has 0 radical (unpaired) electrons. The molecular weight excluding hydrogens is 546 g/mol. The van der Waals surface area contributed by atoms with Crippen molar-refractivity contribution in [3.63, 3.8) is 0 Å². The van der Waals surface area contributed by atoms with Gasteiger partial charge in [-0.05, 0) is 78.4 Å². The number of halogens is 2. The Morgan fingerprint density at radius 2 is 1.23 bits per heavy atom. The van der Waals surface area contributed by atoms with Crippen molar-refractivity contribution in [1.82, 2.24) is 0 Å². The van der Waals surface area contributed by atoms with Gasteiger partial charge in [0.25, 0.3) is 0 Å². The van der Waals surface area contributed by atoms with Crippen LogP contribution in [0.15, 0.2) is 0 Å². The molecular formula is C23H42I2O. The third-order valence-corrected chi connectivity index (χ3v) is 9.74. The fraction of sp³-hybridized carbons (Fsp3) is 1.00. The summed E-state index contributed by atoms with van der Waals surface area (Å²) >= 11 is 4.24. The maximum absolute atomic E-state index is 5.67. The first-order valence-electron chi connectivity index (χ1n) is 10.2. The third-order valence-electron chi connectivity index (χ3n) is 9.74. The van der Waals surface area contributed by atoms with Crippen molar-refractivity contribution >= 4 is 37.2 Å². The van der Waals surface area contributed by atoms with Crippen molar-refractivity contribution in [3.8, 4) is 0 Å². The molecule has 0 amide bonds. The Hall–Kier alpha value is 1.42. The Labute approximate surface area is 186 Å². The molecule has 1 aliphatic heterocycles. The van der Waals surface area contributed by atoms with E-state index < -0.39 is 0 Å². The van der Waals surface area contributed by atoms with Gasteiger partial charge in [0.1, 0.15) is 0 Å². The zero-order chi connectivity index (χ0) is 19.0. The molecule has 1 heterocycles. The van der Waals surface area contributed by atoms with Crippen molar-refractivity contribution in [3.05, 3.63) is 0 Å². The highest BCUT2D eigenvalue weighted by Gasteiger charge is 2.70. The first kappa shape index (κ1) is 23.7. The summed E-state index contributed by atoms with van der Waals surface area (Å²) in [5.41, 5.74) is 2.01. The molecule has 5 aliphatic rings. The van der Waals surface area contributed by atoms with E-state index in [-0.39, 0.29) is 13.0 Å². The van der Waals surface area contributed by atoms with Gasteiger partial charge >= 0.3 is 0 Å². The van der Waals surface area contributed by atoms with E-state index in [0.29, 0.717) is 22.3 Å². The van der Waals surface area contributed by atoms with Crippen LogP contribution in [0.25, 0.3) is 0 Å². The summed E-state index contributed by atoms with van der Waals surface area (Å²) in [5, 5.41) is 0. The van der Waals surface area contributed by atoms with Crippen LogP contribution in [0.4, 0.5) is 0 Å². The van der Waals surface area contributed by atoms with Crippen LogP contribution in [0.1, 0.15) is 88.5 Å². The maximum Gasteiger partial charge on any atom is 0.0923 e. The zero-order valence-electron chi connectivity index (χ0n) is 17.5. The van der Waals surface area contributed by atoms with Crippen molar-refractivity contribution in [2.24, 2.45) is 45.8 Å². The van der Waals surface area contributed by atoms with Gasteiger partial charge in [-0.1, -0.05) is 55.9 Å².